The van der Waals surface area contributed by atoms with Crippen molar-refractivity contribution in [2.45, 2.75) is 46.2 Å². The minimum atomic E-state index is 0.586. The molecule has 0 spiro atoms. The van der Waals surface area contributed by atoms with Gasteiger partial charge in [0.1, 0.15) is 0 Å². The van der Waals surface area contributed by atoms with E-state index in [1.54, 1.807) is 7.11 Å². The van der Waals surface area contributed by atoms with Crippen LogP contribution in [0.2, 0.25) is 0 Å². The molecular formula is C15H25NO2. The molecular weight excluding hydrogens is 226 g/mol. The van der Waals surface area contributed by atoms with E-state index < -0.39 is 0 Å². The van der Waals surface area contributed by atoms with E-state index in [0.717, 1.165) is 30.9 Å². The van der Waals surface area contributed by atoms with Gasteiger partial charge in [0.25, 0.3) is 0 Å². The highest BCUT2D eigenvalue weighted by Crippen LogP contribution is 2.28. The number of benzene rings is 1. The van der Waals surface area contributed by atoms with Gasteiger partial charge in [0.05, 0.1) is 13.7 Å². The normalized spacial score (nSPS) is 10.7. The highest BCUT2D eigenvalue weighted by molar-refractivity contribution is 5.42. The maximum Gasteiger partial charge on any atom is 0.161 e. The summed E-state index contributed by atoms with van der Waals surface area (Å²) < 4.78 is 10.9. The molecule has 102 valence electrons. The van der Waals surface area contributed by atoms with Crippen molar-refractivity contribution < 1.29 is 9.47 Å². The van der Waals surface area contributed by atoms with Crippen molar-refractivity contribution in [3.8, 4) is 11.5 Å². The van der Waals surface area contributed by atoms with E-state index in [9.17, 15) is 0 Å². The van der Waals surface area contributed by atoms with Gasteiger partial charge < -0.3 is 14.8 Å². The molecule has 0 aliphatic heterocycles. The molecule has 0 radical (unpaired) electrons. The Labute approximate surface area is 110 Å². The molecule has 0 fully saturated rings. The monoisotopic (exact) mass is 251 g/mol. The molecule has 0 heterocycles. The van der Waals surface area contributed by atoms with Gasteiger partial charge in [-0.1, -0.05) is 19.9 Å². The molecule has 0 saturated carbocycles. The average Bonchev–Trinajstić information content (AvgIpc) is 2.40. The molecule has 3 heteroatoms. The van der Waals surface area contributed by atoms with Gasteiger partial charge in [0.2, 0.25) is 0 Å². The first-order valence-corrected chi connectivity index (χ1v) is 6.78. The third kappa shape index (κ3) is 4.22. The molecule has 0 aromatic heterocycles. The SMILES string of the molecule is CCOc1cc(CNC(CC)CC)ccc1OC. The lowest BCUT2D eigenvalue weighted by atomic mass is 10.1. The molecule has 1 rings (SSSR count). The second-order valence-corrected chi connectivity index (χ2v) is 4.31. The number of rotatable bonds is 8. The third-order valence-corrected chi connectivity index (χ3v) is 3.11. The highest BCUT2D eigenvalue weighted by Gasteiger charge is 2.07. The van der Waals surface area contributed by atoms with Crippen molar-refractivity contribution in [3.05, 3.63) is 23.8 Å². The van der Waals surface area contributed by atoms with Crippen molar-refractivity contribution in [1.29, 1.82) is 0 Å². The van der Waals surface area contributed by atoms with Crippen LogP contribution in [0, 0.1) is 0 Å². The molecule has 0 bridgehead atoms. The fourth-order valence-corrected chi connectivity index (χ4v) is 1.94. The molecule has 1 aromatic rings. The summed E-state index contributed by atoms with van der Waals surface area (Å²) in [5, 5.41) is 3.55. The summed E-state index contributed by atoms with van der Waals surface area (Å²) >= 11 is 0. The topological polar surface area (TPSA) is 30.5 Å². The fraction of sp³-hybridized carbons (Fsp3) is 0.600. The predicted molar refractivity (Wildman–Crippen MR) is 75.4 cm³/mol. The van der Waals surface area contributed by atoms with Crippen LogP contribution in [0.15, 0.2) is 18.2 Å². The first-order valence-electron chi connectivity index (χ1n) is 6.78. The minimum absolute atomic E-state index is 0.586. The fourth-order valence-electron chi connectivity index (χ4n) is 1.94. The first kappa shape index (κ1) is 14.8. The van der Waals surface area contributed by atoms with Gasteiger partial charge in [0.15, 0.2) is 11.5 Å². The minimum Gasteiger partial charge on any atom is -0.493 e. The molecule has 1 aromatic carbocycles. The van der Waals surface area contributed by atoms with Crippen LogP contribution in [-0.4, -0.2) is 19.8 Å². The van der Waals surface area contributed by atoms with Crippen molar-refractivity contribution in [2.75, 3.05) is 13.7 Å². The van der Waals surface area contributed by atoms with E-state index in [-0.39, 0.29) is 0 Å². The average molecular weight is 251 g/mol. The molecule has 1 N–H and O–H groups in total. The van der Waals surface area contributed by atoms with Gasteiger partial charge >= 0.3 is 0 Å². The van der Waals surface area contributed by atoms with E-state index >= 15 is 0 Å². The number of nitrogens with one attached hydrogen (secondary N) is 1. The van der Waals surface area contributed by atoms with E-state index in [2.05, 4.69) is 31.3 Å². The lowest BCUT2D eigenvalue weighted by molar-refractivity contribution is 0.310. The van der Waals surface area contributed by atoms with Crippen molar-refractivity contribution >= 4 is 0 Å². The van der Waals surface area contributed by atoms with Gasteiger partial charge in [-0.3, -0.25) is 0 Å². The maximum atomic E-state index is 5.58. The number of hydrogen-bond acceptors (Lipinski definition) is 3. The van der Waals surface area contributed by atoms with Crippen LogP contribution in [0.4, 0.5) is 0 Å². The van der Waals surface area contributed by atoms with Crippen LogP contribution in [0.3, 0.4) is 0 Å². The van der Waals surface area contributed by atoms with Crippen LogP contribution >= 0.6 is 0 Å². The van der Waals surface area contributed by atoms with E-state index in [4.69, 9.17) is 9.47 Å². The Morgan fingerprint density at radius 2 is 1.83 bits per heavy atom. The Bertz CT molecular complexity index is 348. The van der Waals surface area contributed by atoms with Crippen LogP contribution in [0.5, 0.6) is 11.5 Å². The quantitative estimate of drug-likeness (QED) is 0.768. The number of ether oxygens (including phenoxy) is 2. The molecule has 0 aliphatic rings. The largest absolute Gasteiger partial charge is 0.493 e. The zero-order chi connectivity index (χ0) is 13.4. The van der Waals surface area contributed by atoms with Gasteiger partial charge in [-0.05, 0) is 37.5 Å². The second kappa shape index (κ2) is 7.98. The van der Waals surface area contributed by atoms with Crippen LogP contribution < -0.4 is 14.8 Å². The van der Waals surface area contributed by atoms with E-state index in [1.807, 2.05) is 13.0 Å². The summed E-state index contributed by atoms with van der Waals surface area (Å²) in [5.74, 6) is 1.62. The third-order valence-electron chi connectivity index (χ3n) is 3.11. The lowest BCUT2D eigenvalue weighted by Crippen LogP contribution is -2.26. The van der Waals surface area contributed by atoms with E-state index in [1.165, 1.54) is 5.56 Å². The Kier molecular flexibility index (Phi) is 6.58. The van der Waals surface area contributed by atoms with Gasteiger partial charge in [-0.15, -0.1) is 0 Å². The summed E-state index contributed by atoms with van der Waals surface area (Å²) in [5.41, 5.74) is 1.23. The summed E-state index contributed by atoms with van der Waals surface area (Å²) in [6.07, 6.45) is 2.32. The predicted octanol–water partition coefficient (Wildman–Crippen LogP) is 3.37. The molecule has 18 heavy (non-hydrogen) atoms. The number of hydrogen-bond donors (Lipinski definition) is 1. The lowest BCUT2D eigenvalue weighted by Gasteiger charge is -2.16. The van der Waals surface area contributed by atoms with Crippen molar-refractivity contribution in [2.24, 2.45) is 0 Å². The second-order valence-electron chi connectivity index (χ2n) is 4.31. The van der Waals surface area contributed by atoms with Gasteiger partial charge in [0, 0.05) is 12.6 Å². The molecule has 0 saturated heterocycles. The van der Waals surface area contributed by atoms with Gasteiger partial charge in [-0.25, -0.2) is 0 Å². The van der Waals surface area contributed by atoms with Gasteiger partial charge in [-0.2, -0.15) is 0 Å². The van der Waals surface area contributed by atoms with E-state index in [0.29, 0.717) is 12.6 Å². The maximum absolute atomic E-state index is 5.58. The zero-order valence-corrected chi connectivity index (χ0v) is 12.0. The molecule has 0 atom stereocenters. The summed E-state index contributed by atoms with van der Waals surface area (Å²) in [6, 6.07) is 6.69. The molecule has 3 nitrogen and oxygen atoms in total. The summed E-state index contributed by atoms with van der Waals surface area (Å²) in [4.78, 5) is 0. The van der Waals surface area contributed by atoms with Crippen LogP contribution in [-0.2, 0) is 6.54 Å². The molecule has 0 unspecified atom stereocenters. The Balaban J connectivity index is 2.69. The van der Waals surface area contributed by atoms with Crippen LogP contribution in [0.1, 0.15) is 39.2 Å². The smallest absolute Gasteiger partial charge is 0.161 e. The molecule has 0 amide bonds. The first-order chi connectivity index (χ1) is 8.74. The number of methoxy groups -OCH3 is 1. The molecule has 0 aliphatic carbocycles. The standard InChI is InChI=1S/C15H25NO2/c1-5-13(6-2)16-11-12-8-9-14(17-4)15(10-12)18-7-3/h8-10,13,16H,5-7,11H2,1-4H3. The summed E-state index contributed by atoms with van der Waals surface area (Å²) in [6.45, 7) is 7.92. The van der Waals surface area contributed by atoms with Crippen molar-refractivity contribution in [1.82, 2.24) is 5.32 Å². The highest BCUT2D eigenvalue weighted by atomic mass is 16.5. The Morgan fingerprint density at radius 1 is 1.11 bits per heavy atom. The van der Waals surface area contributed by atoms with Crippen LogP contribution in [0.25, 0.3) is 0 Å². The Morgan fingerprint density at radius 3 is 2.39 bits per heavy atom. The Hall–Kier alpha value is -1.22. The van der Waals surface area contributed by atoms with Crippen molar-refractivity contribution in [3.63, 3.8) is 0 Å². The zero-order valence-electron chi connectivity index (χ0n) is 12.0. The summed E-state index contributed by atoms with van der Waals surface area (Å²) in [7, 11) is 1.67.